The van der Waals surface area contributed by atoms with E-state index in [9.17, 15) is 18.0 Å². The zero-order valence-corrected chi connectivity index (χ0v) is 15.3. The van der Waals surface area contributed by atoms with Gasteiger partial charge in [0.25, 0.3) is 0 Å². The van der Waals surface area contributed by atoms with E-state index in [0.29, 0.717) is 33.1 Å². The van der Waals surface area contributed by atoms with E-state index in [1.807, 2.05) is 0 Å². The molecule has 7 heteroatoms. The second-order valence-electron chi connectivity index (χ2n) is 6.34. The Morgan fingerprint density at radius 2 is 1.07 bits per heavy atom. The predicted octanol–water partition coefficient (Wildman–Crippen LogP) is 3.35. The Kier molecular flexibility index (Phi) is 3.78. The van der Waals surface area contributed by atoms with Gasteiger partial charge in [0.2, 0.25) is 9.84 Å². The van der Waals surface area contributed by atoms with Crippen LogP contribution in [-0.2, 0) is 9.84 Å². The molecule has 2 heterocycles. The maximum atomic E-state index is 13.0. The number of hydrogen-bond acceptors (Lipinski definition) is 6. The van der Waals surface area contributed by atoms with Crippen molar-refractivity contribution in [1.29, 1.82) is 0 Å². The predicted molar refractivity (Wildman–Crippen MR) is 99.9 cm³/mol. The summed E-state index contributed by atoms with van der Waals surface area (Å²) in [6.45, 7) is 3.21. The Labute approximate surface area is 153 Å². The maximum Gasteiger partial charge on any atom is 0.339 e. The highest BCUT2D eigenvalue weighted by atomic mass is 32.2. The molecule has 4 aromatic rings. The summed E-state index contributed by atoms with van der Waals surface area (Å²) >= 11 is 0. The molecule has 6 nitrogen and oxygen atoms in total. The van der Waals surface area contributed by atoms with Gasteiger partial charge in [0.05, 0.1) is 9.79 Å². The molecule has 0 saturated heterocycles. The molecule has 0 atom stereocenters. The van der Waals surface area contributed by atoms with Crippen molar-refractivity contribution in [3.05, 3.63) is 80.5 Å². The average Bonchev–Trinajstić information content (AvgIpc) is 2.62. The van der Waals surface area contributed by atoms with Gasteiger partial charge in [0.15, 0.2) is 0 Å². The van der Waals surface area contributed by atoms with Gasteiger partial charge >= 0.3 is 11.3 Å². The summed E-state index contributed by atoms with van der Waals surface area (Å²) in [6.07, 6.45) is 0. The van der Waals surface area contributed by atoms with E-state index in [1.54, 1.807) is 26.0 Å². The van der Waals surface area contributed by atoms with Crippen molar-refractivity contribution in [2.75, 3.05) is 0 Å². The van der Waals surface area contributed by atoms with Gasteiger partial charge in [-0.1, -0.05) is 0 Å². The van der Waals surface area contributed by atoms with Crippen molar-refractivity contribution in [2.45, 2.75) is 23.6 Å². The van der Waals surface area contributed by atoms with Crippen molar-refractivity contribution in [2.24, 2.45) is 0 Å². The molecule has 0 bridgehead atoms. The second-order valence-corrected chi connectivity index (χ2v) is 8.29. The first-order valence-corrected chi connectivity index (χ1v) is 9.58. The Morgan fingerprint density at radius 1 is 0.667 bits per heavy atom. The molecule has 0 unspecified atom stereocenters. The molecule has 0 aliphatic carbocycles. The molecule has 2 aromatic carbocycles. The van der Waals surface area contributed by atoms with Gasteiger partial charge in [-0.05, 0) is 62.4 Å². The summed E-state index contributed by atoms with van der Waals surface area (Å²) in [4.78, 5) is 23.4. The fourth-order valence-electron chi connectivity index (χ4n) is 2.88. The fourth-order valence-corrected chi connectivity index (χ4v) is 4.21. The molecule has 4 rings (SSSR count). The molecule has 0 aliphatic rings. The van der Waals surface area contributed by atoms with E-state index < -0.39 is 21.1 Å². The summed E-state index contributed by atoms with van der Waals surface area (Å²) < 4.78 is 36.4. The number of aryl methyl sites for hydroxylation is 2. The van der Waals surface area contributed by atoms with Gasteiger partial charge in [-0.2, -0.15) is 0 Å². The Bertz CT molecular complexity index is 1340. The molecule has 0 aliphatic heterocycles. The monoisotopic (exact) mass is 382 g/mol. The van der Waals surface area contributed by atoms with Crippen LogP contribution in [0.15, 0.2) is 76.7 Å². The second kappa shape index (κ2) is 5.92. The van der Waals surface area contributed by atoms with Crippen LogP contribution in [-0.4, -0.2) is 8.42 Å². The van der Waals surface area contributed by atoms with Gasteiger partial charge < -0.3 is 8.83 Å². The van der Waals surface area contributed by atoms with Gasteiger partial charge in [-0.3, -0.25) is 0 Å². The minimum atomic E-state index is -3.81. The highest BCUT2D eigenvalue weighted by molar-refractivity contribution is 7.91. The van der Waals surface area contributed by atoms with E-state index in [4.69, 9.17) is 8.83 Å². The molecular weight excluding hydrogens is 368 g/mol. The number of fused-ring (bicyclic) bond motifs is 2. The first kappa shape index (κ1) is 17.2. The van der Waals surface area contributed by atoms with E-state index >= 15 is 0 Å². The van der Waals surface area contributed by atoms with E-state index in [-0.39, 0.29) is 9.79 Å². The summed E-state index contributed by atoms with van der Waals surface area (Å²) in [5.74, 6) is 0. The van der Waals surface area contributed by atoms with E-state index in [0.717, 1.165) is 0 Å². The van der Waals surface area contributed by atoms with Gasteiger partial charge in [-0.25, -0.2) is 18.0 Å². The Morgan fingerprint density at radius 3 is 1.48 bits per heavy atom. The van der Waals surface area contributed by atoms with Crippen LogP contribution < -0.4 is 11.3 Å². The third kappa shape index (κ3) is 2.86. The zero-order chi connectivity index (χ0) is 19.3. The molecule has 0 fully saturated rings. The summed E-state index contributed by atoms with van der Waals surface area (Å²) in [6, 6.07) is 11.9. The third-order valence-corrected chi connectivity index (χ3v) is 6.13. The Balaban J connectivity index is 1.90. The van der Waals surface area contributed by atoms with Crippen LogP contribution in [0.25, 0.3) is 21.9 Å². The SMILES string of the molecule is Cc1cc2cc(S(=O)(=O)c3ccc4oc(=O)c(C)cc4c3)ccc2oc1=O. The van der Waals surface area contributed by atoms with E-state index in [1.165, 1.54) is 36.4 Å². The van der Waals surface area contributed by atoms with Crippen molar-refractivity contribution in [1.82, 2.24) is 0 Å². The minimum absolute atomic E-state index is 0.0803. The molecule has 0 N–H and O–H groups in total. The van der Waals surface area contributed by atoms with Gasteiger partial charge in [0, 0.05) is 21.9 Å². The van der Waals surface area contributed by atoms with Crippen molar-refractivity contribution < 1.29 is 17.3 Å². The standard InChI is InChI=1S/C20H14O6S/c1-11-7-13-9-15(3-5-17(13)25-19(11)21)27(23,24)16-4-6-18-14(10-16)8-12(2)20(22)26-18/h3-10H,1-2H3. The third-order valence-electron chi connectivity index (χ3n) is 4.38. The lowest BCUT2D eigenvalue weighted by atomic mass is 10.2. The van der Waals surface area contributed by atoms with Crippen LogP contribution in [0.4, 0.5) is 0 Å². The Hall–Kier alpha value is -3.19. The quantitative estimate of drug-likeness (QED) is 0.494. The van der Waals surface area contributed by atoms with Crippen LogP contribution in [0.3, 0.4) is 0 Å². The maximum absolute atomic E-state index is 13.0. The van der Waals surface area contributed by atoms with Gasteiger partial charge in [0.1, 0.15) is 11.2 Å². The minimum Gasteiger partial charge on any atom is -0.423 e. The largest absolute Gasteiger partial charge is 0.423 e. The number of rotatable bonds is 2. The fraction of sp³-hybridized carbons (Fsp3) is 0.100. The van der Waals surface area contributed by atoms with Gasteiger partial charge in [-0.15, -0.1) is 0 Å². The first-order valence-electron chi connectivity index (χ1n) is 8.10. The zero-order valence-electron chi connectivity index (χ0n) is 14.5. The molecular formula is C20H14O6S. The molecule has 0 radical (unpaired) electrons. The van der Waals surface area contributed by atoms with E-state index in [2.05, 4.69) is 0 Å². The molecule has 136 valence electrons. The smallest absolute Gasteiger partial charge is 0.339 e. The average molecular weight is 382 g/mol. The summed E-state index contributed by atoms with van der Waals surface area (Å²) in [5, 5.41) is 1.05. The lowest BCUT2D eigenvalue weighted by Crippen LogP contribution is -2.05. The van der Waals surface area contributed by atoms with Crippen molar-refractivity contribution in [3.63, 3.8) is 0 Å². The molecule has 0 saturated carbocycles. The number of hydrogen-bond donors (Lipinski definition) is 0. The lowest BCUT2D eigenvalue weighted by Gasteiger charge is -2.07. The molecule has 0 amide bonds. The summed E-state index contributed by atoms with van der Waals surface area (Å²) in [7, 11) is -3.81. The van der Waals surface area contributed by atoms with Crippen molar-refractivity contribution >= 4 is 31.8 Å². The summed E-state index contributed by atoms with van der Waals surface area (Å²) in [5.41, 5.74) is 0.524. The first-order chi connectivity index (χ1) is 12.8. The van der Waals surface area contributed by atoms with Crippen LogP contribution >= 0.6 is 0 Å². The molecule has 27 heavy (non-hydrogen) atoms. The van der Waals surface area contributed by atoms with Crippen LogP contribution in [0.5, 0.6) is 0 Å². The lowest BCUT2D eigenvalue weighted by molar-refractivity contribution is 0.554. The number of benzene rings is 2. The highest BCUT2D eigenvalue weighted by Gasteiger charge is 2.19. The number of sulfone groups is 1. The van der Waals surface area contributed by atoms with Crippen LogP contribution in [0.1, 0.15) is 11.1 Å². The molecule has 2 aromatic heterocycles. The van der Waals surface area contributed by atoms with Crippen molar-refractivity contribution in [3.8, 4) is 0 Å². The highest BCUT2D eigenvalue weighted by Crippen LogP contribution is 2.27. The van der Waals surface area contributed by atoms with Crippen LogP contribution in [0, 0.1) is 13.8 Å². The topological polar surface area (TPSA) is 94.6 Å². The normalized spacial score (nSPS) is 11.9. The van der Waals surface area contributed by atoms with Crippen LogP contribution in [0.2, 0.25) is 0 Å². The molecule has 0 spiro atoms.